The van der Waals surface area contributed by atoms with Gasteiger partial charge in [-0.15, -0.1) is 6.58 Å². The van der Waals surface area contributed by atoms with Crippen molar-refractivity contribution in [3.63, 3.8) is 0 Å². The van der Waals surface area contributed by atoms with Crippen LogP contribution in [0.3, 0.4) is 0 Å². The van der Waals surface area contributed by atoms with Gasteiger partial charge < -0.3 is 14.9 Å². The Morgan fingerprint density at radius 2 is 2.06 bits per heavy atom. The fourth-order valence-electron chi connectivity index (χ4n) is 1.83. The van der Waals surface area contributed by atoms with E-state index in [0.717, 1.165) is 0 Å². The average molecular weight is 226 g/mol. The first kappa shape index (κ1) is 12.5. The number of aliphatic carboxylic acids is 1. The van der Waals surface area contributed by atoms with Crippen LogP contribution < -0.4 is 0 Å². The SMILES string of the molecule is C=CCN(C)C(=O)N1CCC(C(=O)O)CC1. The summed E-state index contributed by atoms with van der Waals surface area (Å²) in [6, 6.07) is -0.0521. The van der Waals surface area contributed by atoms with E-state index in [-0.39, 0.29) is 11.9 Å². The van der Waals surface area contributed by atoms with E-state index in [1.54, 1.807) is 22.9 Å². The van der Waals surface area contributed by atoms with E-state index in [1.165, 1.54) is 0 Å². The molecule has 0 aromatic rings. The lowest BCUT2D eigenvalue weighted by Crippen LogP contribution is -2.46. The van der Waals surface area contributed by atoms with Crippen LogP contribution in [0.2, 0.25) is 0 Å². The van der Waals surface area contributed by atoms with Crippen LogP contribution >= 0.6 is 0 Å². The van der Waals surface area contributed by atoms with Crippen molar-refractivity contribution in [1.29, 1.82) is 0 Å². The highest BCUT2D eigenvalue weighted by Crippen LogP contribution is 2.18. The molecule has 1 saturated heterocycles. The summed E-state index contributed by atoms with van der Waals surface area (Å²) in [5.41, 5.74) is 0. The number of carboxylic acids is 1. The van der Waals surface area contributed by atoms with E-state index in [9.17, 15) is 9.59 Å². The zero-order valence-corrected chi connectivity index (χ0v) is 9.56. The minimum absolute atomic E-state index is 0.0521. The minimum atomic E-state index is -0.758. The molecule has 0 spiro atoms. The monoisotopic (exact) mass is 226 g/mol. The topological polar surface area (TPSA) is 60.9 Å². The summed E-state index contributed by atoms with van der Waals surface area (Å²) in [6.07, 6.45) is 2.76. The molecule has 0 unspecified atom stereocenters. The normalized spacial score (nSPS) is 16.9. The molecule has 1 heterocycles. The molecule has 90 valence electrons. The zero-order chi connectivity index (χ0) is 12.1. The number of amides is 2. The smallest absolute Gasteiger partial charge is 0.320 e. The predicted molar refractivity (Wildman–Crippen MR) is 60.2 cm³/mol. The number of urea groups is 1. The molecule has 1 aliphatic heterocycles. The van der Waals surface area contributed by atoms with Gasteiger partial charge in [-0.05, 0) is 12.8 Å². The van der Waals surface area contributed by atoms with Crippen molar-refractivity contribution < 1.29 is 14.7 Å². The molecule has 0 bridgehead atoms. The maximum Gasteiger partial charge on any atom is 0.320 e. The highest BCUT2D eigenvalue weighted by molar-refractivity contribution is 5.75. The molecule has 5 nitrogen and oxygen atoms in total. The summed E-state index contributed by atoms with van der Waals surface area (Å²) < 4.78 is 0. The van der Waals surface area contributed by atoms with Gasteiger partial charge in [0.15, 0.2) is 0 Å². The number of carbonyl (C=O) groups is 2. The van der Waals surface area contributed by atoms with Crippen LogP contribution in [-0.4, -0.2) is 53.6 Å². The zero-order valence-electron chi connectivity index (χ0n) is 9.56. The maximum atomic E-state index is 11.8. The predicted octanol–water partition coefficient (Wildman–Crippen LogP) is 1.02. The largest absolute Gasteiger partial charge is 0.481 e. The van der Waals surface area contributed by atoms with E-state index in [4.69, 9.17) is 5.11 Å². The Labute approximate surface area is 95.3 Å². The number of hydrogen-bond donors (Lipinski definition) is 1. The first-order chi connectivity index (χ1) is 7.56. The van der Waals surface area contributed by atoms with Crippen molar-refractivity contribution in [1.82, 2.24) is 9.80 Å². The quantitative estimate of drug-likeness (QED) is 0.731. The molecule has 1 N–H and O–H groups in total. The molecule has 0 aromatic carbocycles. The van der Waals surface area contributed by atoms with Gasteiger partial charge in [0.05, 0.1) is 5.92 Å². The molecule has 0 radical (unpaired) electrons. The second-order valence-corrected chi connectivity index (χ2v) is 4.05. The Kier molecular flexibility index (Phi) is 4.34. The summed E-state index contributed by atoms with van der Waals surface area (Å²) >= 11 is 0. The van der Waals surface area contributed by atoms with E-state index in [0.29, 0.717) is 32.5 Å². The number of likely N-dealkylation sites (N-methyl/N-ethyl adjacent to an activating group) is 1. The lowest BCUT2D eigenvalue weighted by molar-refractivity contribution is -0.143. The Balaban J connectivity index is 2.44. The van der Waals surface area contributed by atoms with Crippen LogP contribution in [-0.2, 0) is 4.79 Å². The van der Waals surface area contributed by atoms with Gasteiger partial charge in [-0.25, -0.2) is 4.79 Å². The lowest BCUT2D eigenvalue weighted by Gasteiger charge is -2.32. The number of rotatable bonds is 3. The van der Waals surface area contributed by atoms with Crippen LogP contribution in [0.15, 0.2) is 12.7 Å². The third-order valence-electron chi connectivity index (χ3n) is 2.84. The van der Waals surface area contributed by atoms with E-state index in [2.05, 4.69) is 6.58 Å². The van der Waals surface area contributed by atoms with E-state index >= 15 is 0 Å². The second-order valence-electron chi connectivity index (χ2n) is 4.05. The van der Waals surface area contributed by atoms with Crippen molar-refractivity contribution in [3.8, 4) is 0 Å². The Hall–Kier alpha value is -1.52. The third kappa shape index (κ3) is 2.98. The molecule has 1 rings (SSSR count). The molecule has 0 aromatic heterocycles. The molecule has 0 saturated carbocycles. The molecule has 1 fully saturated rings. The summed E-state index contributed by atoms with van der Waals surface area (Å²) in [6.45, 7) is 5.14. The van der Waals surface area contributed by atoms with Gasteiger partial charge in [0.25, 0.3) is 0 Å². The van der Waals surface area contributed by atoms with Crippen molar-refractivity contribution in [2.45, 2.75) is 12.8 Å². The van der Waals surface area contributed by atoms with Gasteiger partial charge in [-0.2, -0.15) is 0 Å². The van der Waals surface area contributed by atoms with Crippen molar-refractivity contribution in [2.75, 3.05) is 26.7 Å². The Morgan fingerprint density at radius 1 is 1.50 bits per heavy atom. The lowest BCUT2D eigenvalue weighted by atomic mass is 9.97. The molecule has 1 aliphatic rings. The highest BCUT2D eigenvalue weighted by atomic mass is 16.4. The molecule has 0 atom stereocenters. The van der Waals surface area contributed by atoms with Gasteiger partial charge in [-0.1, -0.05) is 6.08 Å². The molecular weight excluding hydrogens is 208 g/mol. The van der Waals surface area contributed by atoms with Gasteiger partial charge in [-0.3, -0.25) is 4.79 Å². The van der Waals surface area contributed by atoms with Gasteiger partial charge in [0.2, 0.25) is 0 Å². The summed E-state index contributed by atoms with van der Waals surface area (Å²) in [7, 11) is 1.72. The standard InChI is InChI=1S/C11H18N2O3/c1-3-6-12(2)11(16)13-7-4-9(5-8-13)10(14)15/h3,9H,1,4-8H2,2H3,(H,14,15). The van der Waals surface area contributed by atoms with Crippen LogP contribution in [0.1, 0.15) is 12.8 Å². The molecular formula is C11H18N2O3. The highest BCUT2D eigenvalue weighted by Gasteiger charge is 2.27. The van der Waals surface area contributed by atoms with Gasteiger partial charge in [0.1, 0.15) is 0 Å². The van der Waals surface area contributed by atoms with Crippen LogP contribution in [0.4, 0.5) is 4.79 Å². The van der Waals surface area contributed by atoms with E-state index < -0.39 is 5.97 Å². The number of piperidine rings is 1. The average Bonchev–Trinajstić information content (AvgIpc) is 2.28. The molecule has 2 amide bonds. The van der Waals surface area contributed by atoms with Crippen LogP contribution in [0.25, 0.3) is 0 Å². The van der Waals surface area contributed by atoms with Gasteiger partial charge >= 0.3 is 12.0 Å². The number of nitrogens with zero attached hydrogens (tertiary/aromatic N) is 2. The third-order valence-corrected chi connectivity index (χ3v) is 2.84. The number of hydrogen-bond acceptors (Lipinski definition) is 2. The maximum absolute atomic E-state index is 11.8. The second kappa shape index (κ2) is 5.53. The van der Waals surface area contributed by atoms with Crippen LogP contribution in [0.5, 0.6) is 0 Å². The summed E-state index contributed by atoms with van der Waals surface area (Å²) in [5.74, 6) is -1.06. The van der Waals surface area contributed by atoms with Crippen molar-refractivity contribution in [2.24, 2.45) is 5.92 Å². The first-order valence-electron chi connectivity index (χ1n) is 5.40. The summed E-state index contributed by atoms with van der Waals surface area (Å²) in [4.78, 5) is 25.8. The van der Waals surface area contributed by atoms with Crippen molar-refractivity contribution >= 4 is 12.0 Å². The molecule has 16 heavy (non-hydrogen) atoms. The first-order valence-corrected chi connectivity index (χ1v) is 5.40. The molecule has 0 aliphatic carbocycles. The summed E-state index contributed by atoms with van der Waals surface area (Å²) in [5, 5.41) is 8.83. The Bertz CT molecular complexity index is 283. The molecule has 5 heteroatoms. The Morgan fingerprint density at radius 3 is 2.50 bits per heavy atom. The van der Waals surface area contributed by atoms with Crippen molar-refractivity contribution in [3.05, 3.63) is 12.7 Å². The van der Waals surface area contributed by atoms with E-state index in [1.807, 2.05) is 0 Å². The van der Waals surface area contributed by atoms with Crippen LogP contribution in [0, 0.1) is 5.92 Å². The number of likely N-dealkylation sites (tertiary alicyclic amines) is 1. The number of carbonyl (C=O) groups excluding carboxylic acids is 1. The van der Waals surface area contributed by atoms with Gasteiger partial charge in [0, 0.05) is 26.7 Å². The fraction of sp³-hybridized carbons (Fsp3) is 0.636. The minimum Gasteiger partial charge on any atom is -0.481 e. The number of carboxylic acid groups (broad SMARTS) is 1. The fourth-order valence-corrected chi connectivity index (χ4v) is 1.83.